The van der Waals surface area contributed by atoms with E-state index in [1.807, 2.05) is 0 Å². The molecule has 0 aromatic carbocycles. The van der Waals surface area contributed by atoms with Crippen LogP contribution in [0.4, 0.5) is 0 Å². The summed E-state index contributed by atoms with van der Waals surface area (Å²) < 4.78 is 0. The molecule has 2 heterocycles. The van der Waals surface area contributed by atoms with Gasteiger partial charge in [-0.1, -0.05) is 0 Å². The highest BCUT2D eigenvalue weighted by Crippen LogP contribution is 2.31. The lowest BCUT2D eigenvalue weighted by Crippen LogP contribution is -2.40. The molecule has 0 radical (unpaired) electrons. The molecule has 1 unspecified atom stereocenters. The zero-order chi connectivity index (χ0) is 12.5. The molecule has 5 heteroatoms. The number of nitrogens with one attached hydrogen (secondary N) is 1. The number of rotatable bonds is 5. The summed E-state index contributed by atoms with van der Waals surface area (Å²) in [6.45, 7) is 0.749. The molecule has 0 bridgehead atoms. The van der Waals surface area contributed by atoms with Crippen LogP contribution in [0.15, 0.2) is 16.8 Å². The van der Waals surface area contributed by atoms with Gasteiger partial charge in [-0.3, -0.25) is 14.5 Å². The number of hydrogen-bond donors (Lipinski definition) is 1. The van der Waals surface area contributed by atoms with E-state index in [0.29, 0.717) is 6.42 Å². The molecule has 1 saturated carbocycles. The van der Waals surface area contributed by atoms with E-state index in [1.165, 1.54) is 10.5 Å². The van der Waals surface area contributed by atoms with Crippen LogP contribution in [-0.4, -0.2) is 35.3 Å². The van der Waals surface area contributed by atoms with E-state index in [1.54, 1.807) is 11.3 Å². The number of nitrogens with zero attached hydrogens (tertiary/aromatic N) is 1. The summed E-state index contributed by atoms with van der Waals surface area (Å²) >= 11 is 1.68. The lowest BCUT2D eigenvalue weighted by molar-refractivity contribution is -0.139. The SMILES string of the molecule is O=C1CC(NCCc2ccsc2)C(=O)N1C1CC1. The molecule has 1 atom stereocenters. The van der Waals surface area contributed by atoms with Crippen LogP contribution in [0.5, 0.6) is 0 Å². The summed E-state index contributed by atoms with van der Waals surface area (Å²) in [5.74, 6) is -0.0247. The molecule has 3 rings (SSSR count). The summed E-state index contributed by atoms with van der Waals surface area (Å²) in [5.41, 5.74) is 1.28. The summed E-state index contributed by atoms with van der Waals surface area (Å²) in [6, 6.07) is 2.00. The normalized spacial score (nSPS) is 24.0. The molecule has 1 aromatic heterocycles. The van der Waals surface area contributed by atoms with Gasteiger partial charge in [0.05, 0.1) is 12.5 Å². The molecule has 1 aliphatic heterocycles. The van der Waals surface area contributed by atoms with Gasteiger partial charge >= 0.3 is 0 Å². The number of amides is 2. The van der Waals surface area contributed by atoms with Crippen LogP contribution in [0.3, 0.4) is 0 Å². The zero-order valence-electron chi connectivity index (χ0n) is 10.1. The van der Waals surface area contributed by atoms with Gasteiger partial charge in [0.15, 0.2) is 0 Å². The van der Waals surface area contributed by atoms with E-state index in [-0.39, 0.29) is 23.9 Å². The first-order chi connectivity index (χ1) is 8.75. The Morgan fingerprint density at radius 3 is 2.89 bits per heavy atom. The van der Waals surface area contributed by atoms with E-state index in [9.17, 15) is 9.59 Å². The van der Waals surface area contributed by atoms with Crippen LogP contribution in [0.2, 0.25) is 0 Å². The molecular weight excluding hydrogens is 248 g/mol. The van der Waals surface area contributed by atoms with Crippen molar-refractivity contribution in [2.45, 2.75) is 37.8 Å². The molecule has 18 heavy (non-hydrogen) atoms. The van der Waals surface area contributed by atoms with Crippen LogP contribution in [0.1, 0.15) is 24.8 Å². The van der Waals surface area contributed by atoms with E-state index < -0.39 is 0 Å². The van der Waals surface area contributed by atoms with Gasteiger partial charge in [0.2, 0.25) is 11.8 Å². The van der Waals surface area contributed by atoms with Crippen molar-refractivity contribution in [2.75, 3.05) is 6.54 Å². The average molecular weight is 264 g/mol. The number of imide groups is 1. The first kappa shape index (κ1) is 11.9. The van der Waals surface area contributed by atoms with Gasteiger partial charge in [0, 0.05) is 6.04 Å². The third-order valence-corrected chi connectivity index (χ3v) is 4.21. The summed E-state index contributed by atoms with van der Waals surface area (Å²) in [4.78, 5) is 25.2. The first-order valence-electron chi connectivity index (χ1n) is 6.36. The highest BCUT2D eigenvalue weighted by Gasteiger charge is 2.45. The van der Waals surface area contributed by atoms with Crippen LogP contribution in [0, 0.1) is 0 Å². The fraction of sp³-hybridized carbons (Fsp3) is 0.538. The third-order valence-electron chi connectivity index (χ3n) is 3.48. The standard InChI is InChI=1S/C13H16N2O2S/c16-12-7-11(13(17)15(12)10-1-2-10)14-5-3-9-4-6-18-8-9/h4,6,8,10-11,14H,1-3,5,7H2. The Bertz CT molecular complexity index is 454. The molecule has 2 aliphatic rings. The van der Waals surface area contributed by atoms with E-state index in [2.05, 4.69) is 22.1 Å². The van der Waals surface area contributed by atoms with Crippen molar-refractivity contribution >= 4 is 23.2 Å². The molecule has 1 saturated heterocycles. The van der Waals surface area contributed by atoms with Crippen molar-refractivity contribution in [1.29, 1.82) is 0 Å². The summed E-state index contributed by atoms with van der Waals surface area (Å²) in [7, 11) is 0. The third kappa shape index (κ3) is 2.33. The number of thiophene rings is 1. The number of carbonyl (C=O) groups is 2. The quantitative estimate of drug-likeness (QED) is 0.812. The maximum absolute atomic E-state index is 12.0. The Morgan fingerprint density at radius 2 is 2.22 bits per heavy atom. The van der Waals surface area contributed by atoms with Gasteiger partial charge in [-0.05, 0) is 48.2 Å². The zero-order valence-corrected chi connectivity index (χ0v) is 10.9. The second-order valence-electron chi connectivity index (χ2n) is 4.93. The fourth-order valence-corrected chi connectivity index (χ4v) is 3.06. The van der Waals surface area contributed by atoms with E-state index in [4.69, 9.17) is 0 Å². The van der Waals surface area contributed by atoms with Crippen molar-refractivity contribution in [3.63, 3.8) is 0 Å². The second-order valence-corrected chi connectivity index (χ2v) is 5.71. The fourth-order valence-electron chi connectivity index (χ4n) is 2.35. The molecule has 96 valence electrons. The lowest BCUT2D eigenvalue weighted by Gasteiger charge is -2.14. The van der Waals surface area contributed by atoms with Gasteiger partial charge < -0.3 is 5.32 Å². The molecule has 2 amide bonds. The Hall–Kier alpha value is -1.20. The predicted octanol–water partition coefficient (Wildman–Crippen LogP) is 1.17. The van der Waals surface area contributed by atoms with Gasteiger partial charge in [0.1, 0.15) is 0 Å². The van der Waals surface area contributed by atoms with E-state index >= 15 is 0 Å². The minimum absolute atomic E-state index is 0.00414. The van der Waals surface area contributed by atoms with Crippen molar-refractivity contribution in [2.24, 2.45) is 0 Å². The molecule has 2 fully saturated rings. The molecule has 1 aliphatic carbocycles. The lowest BCUT2D eigenvalue weighted by atomic mass is 10.2. The minimum atomic E-state index is -0.295. The van der Waals surface area contributed by atoms with Gasteiger partial charge in [-0.25, -0.2) is 0 Å². The van der Waals surface area contributed by atoms with Gasteiger partial charge in [-0.15, -0.1) is 0 Å². The van der Waals surface area contributed by atoms with Gasteiger partial charge in [0.25, 0.3) is 0 Å². The van der Waals surface area contributed by atoms with Crippen LogP contribution in [0.25, 0.3) is 0 Å². The molecule has 1 N–H and O–H groups in total. The topological polar surface area (TPSA) is 49.4 Å². The monoisotopic (exact) mass is 264 g/mol. The highest BCUT2D eigenvalue weighted by atomic mass is 32.1. The molecule has 1 aromatic rings. The summed E-state index contributed by atoms with van der Waals surface area (Å²) in [5, 5.41) is 7.37. The van der Waals surface area contributed by atoms with Gasteiger partial charge in [-0.2, -0.15) is 11.3 Å². The Balaban J connectivity index is 1.51. The minimum Gasteiger partial charge on any atom is -0.305 e. The molecule has 0 spiro atoms. The van der Waals surface area contributed by atoms with Crippen molar-refractivity contribution in [3.8, 4) is 0 Å². The summed E-state index contributed by atoms with van der Waals surface area (Å²) in [6.07, 6.45) is 3.21. The maximum atomic E-state index is 12.0. The smallest absolute Gasteiger partial charge is 0.247 e. The Labute approximate surface area is 110 Å². The van der Waals surface area contributed by atoms with Crippen LogP contribution in [-0.2, 0) is 16.0 Å². The molecule has 4 nitrogen and oxygen atoms in total. The Morgan fingerprint density at radius 1 is 1.39 bits per heavy atom. The number of carbonyl (C=O) groups excluding carboxylic acids is 2. The molecular formula is C13H16N2O2S. The van der Waals surface area contributed by atoms with Crippen molar-refractivity contribution in [1.82, 2.24) is 10.2 Å². The van der Waals surface area contributed by atoms with Crippen molar-refractivity contribution in [3.05, 3.63) is 22.4 Å². The highest BCUT2D eigenvalue weighted by molar-refractivity contribution is 7.07. The largest absolute Gasteiger partial charge is 0.305 e. The van der Waals surface area contributed by atoms with Crippen molar-refractivity contribution < 1.29 is 9.59 Å². The number of likely N-dealkylation sites (tertiary alicyclic amines) is 1. The second kappa shape index (κ2) is 4.82. The van der Waals surface area contributed by atoms with Crippen LogP contribution >= 0.6 is 11.3 Å². The maximum Gasteiger partial charge on any atom is 0.247 e. The van der Waals surface area contributed by atoms with Crippen LogP contribution < -0.4 is 5.32 Å². The number of hydrogen-bond acceptors (Lipinski definition) is 4. The first-order valence-corrected chi connectivity index (χ1v) is 7.30. The van der Waals surface area contributed by atoms with E-state index in [0.717, 1.165) is 25.8 Å². The average Bonchev–Trinajstić information content (AvgIpc) is 2.95. The predicted molar refractivity (Wildman–Crippen MR) is 69.3 cm³/mol. The Kier molecular flexibility index (Phi) is 3.18.